The highest BCUT2D eigenvalue weighted by Crippen LogP contribution is 2.47. The van der Waals surface area contributed by atoms with Crippen LogP contribution in [0.5, 0.6) is 0 Å². The number of amides is 1. The maximum atomic E-state index is 12.4. The van der Waals surface area contributed by atoms with E-state index in [2.05, 4.69) is 24.1 Å². The minimum atomic E-state index is -0.0528. The van der Waals surface area contributed by atoms with Gasteiger partial charge in [0.05, 0.1) is 12.2 Å². The van der Waals surface area contributed by atoms with Gasteiger partial charge in [-0.2, -0.15) is 0 Å². The first-order valence-electron chi connectivity index (χ1n) is 7.59. The Bertz CT molecular complexity index is 577. The van der Waals surface area contributed by atoms with Gasteiger partial charge in [-0.25, -0.2) is 0 Å². The Labute approximate surface area is 126 Å². The fourth-order valence-corrected chi connectivity index (χ4v) is 2.37. The molecule has 112 valence electrons. The van der Waals surface area contributed by atoms with Crippen LogP contribution in [0.2, 0.25) is 0 Å². The average Bonchev–Trinajstić information content (AvgIpc) is 3.26. The van der Waals surface area contributed by atoms with E-state index in [4.69, 9.17) is 5.11 Å². The lowest BCUT2D eigenvalue weighted by Crippen LogP contribution is -2.30. The van der Waals surface area contributed by atoms with Crippen LogP contribution in [-0.2, 0) is 0 Å². The Morgan fingerprint density at radius 3 is 2.81 bits per heavy atom. The van der Waals surface area contributed by atoms with Crippen molar-refractivity contribution in [2.45, 2.75) is 39.5 Å². The van der Waals surface area contributed by atoms with E-state index >= 15 is 0 Å². The van der Waals surface area contributed by atoms with Crippen LogP contribution in [0.3, 0.4) is 0 Å². The summed E-state index contributed by atoms with van der Waals surface area (Å²) >= 11 is 0. The summed E-state index contributed by atoms with van der Waals surface area (Å²) in [6.45, 7) is 4.95. The number of carbonyl (C=O) groups excluding carboxylic acids is 1. The van der Waals surface area contributed by atoms with E-state index in [9.17, 15) is 4.79 Å². The molecule has 0 saturated heterocycles. The predicted octanol–water partition coefficient (Wildman–Crippen LogP) is 2.65. The first kappa shape index (κ1) is 15.6. The van der Waals surface area contributed by atoms with Crippen LogP contribution >= 0.6 is 0 Å². The highest BCUT2D eigenvalue weighted by Gasteiger charge is 2.40. The minimum absolute atomic E-state index is 0.0410. The third kappa shape index (κ3) is 4.09. The van der Waals surface area contributed by atoms with E-state index in [1.807, 2.05) is 25.1 Å². The summed E-state index contributed by atoms with van der Waals surface area (Å²) in [5.41, 5.74) is 2.77. The lowest BCUT2D eigenvalue weighted by atomic mass is 10.0. The number of aliphatic hydroxyl groups is 1. The van der Waals surface area contributed by atoms with Crippen LogP contribution in [0, 0.1) is 24.2 Å². The van der Waals surface area contributed by atoms with Gasteiger partial charge < -0.3 is 10.4 Å². The maximum absolute atomic E-state index is 12.4. The van der Waals surface area contributed by atoms with Gasteiger partial charge in [0.25, 0.3) is 5.91 Å². The average molecular weight is 285 g/mol. The lowest BCUT2D eigenvalue weighted by molar-refractivity contribution is 0.0944. The molecule has 0 aromatic heterocycles. The second-order valence-electron chi connectivity index (χ2n) is 5.86. The van der Waals surface area contributed by atoms with Crippen molar-refractivity contribution in [3.8, 4) is 11.8 Å². The molecule has 0 heterocycles. The molecule has 1 aromatic rings. The number of aryl methyl sites for hydroxylation is 1. The van der Waals surface area contributed by atoms with Crippen LogP contribution in [0.15, 0.2) is 18.2 Å². The standard InChI is InChI=1S/C18H23NO2/c1-3-18(9-10-18)13-19-17(21)16-8-7-14(2)12-15(16)6-4-5-11-20/h7-8,12,20H,3,5,9-11,13H2,1-2H3,(H,19,21). The quantitative estimate of drug-likeness (QED) is 0.817. The largest absolute Gasteiger partial charge is 0.395 e. The van der Waals surface area contributed by atoms with Gasteiger partial charge in [-0.05, 0) is 49.3 Å². The molecule has 1 saturated carbocycles. The van der Waals surface area contributed by atoms with E-state index in [0.29, 0.717) is 17.4 Å². The number of aliphatic hydroxyl groups excluding tert-OH is 1. The van der Waals surface area contributed by atoms with Crippen molar-refractivity contribution in [2.24, 2.45) is 5.41 Å². The molecule has 1 amide bonds. The Morgan fingerprint density at radius 2 is 2.19 bits per heavy atom. The zero-order chi connectivity index (χ0) is 15.3. The normalized spacial score (nSPS) is 15.0. The topological polar surface area (TPSA) is 49.3 Å². The maximum Gasteiger partial charge on any atom is 0.252 e. The van der Waals surface area contributed by atoms with Crippen molar-refractivity contribution < 1.29 is 9.90 Å². The van der Waals surface area contributed by atoms with Crippen molar-refractivity contribution >= 4 is 5.91 Å². The molecule has 1 aromatic carbocycles. The van der Waals surface area contributed by atoms with Crippen LogP contribution in [-0.4, -0.2) is 24.2 Å². The fraction of sp³-hybridized carbons (Fsp3) is 0.500. The Morgan fingerprint density at radius 1 is 1.43 bits per heavy atom. The van der Waals surface area contributed by atoms with Gasteiger partial charge in [0.1, 0.15) is 0 Å². The van der Waals surface area contributed by atoms with Crippen molar-refractivity contribution in [1.82, 2.24) is 5.32 Å². The van der Waals surface area contributed by atoms with E-state index in [1.54, 1.807) is 0 Å². The summed E-state index contributed by atoms with van der Waals surface area (Å²) in [4.78, 5) is 12.4. The molecular formula is C18H23NO2. The van der Waals surface area contributed by atoms with E-state index in [-0.39, 0.29) is 12.5 Å². The van der Waals surface area contributed by atoms with Crippen molar-refractivity contribution in [3.05, 3.63) is 34.9 Å². The number of nitrogens with one attached hydrogen (secondary N) is 1. The van der Waals surface area contributed by atoms with Crippen molar-refractivity contribution in [3.63, 3.8) is 0 Å². The molecule has 21 heavy (non-hydrogen) atoms. The van der Waals surface area contributed by atoms with Gasteiger partial charge in [0.15, 0.2) is 0 Å². The van der Waals surface area contributed by atoms with Crippen molar-refractivity contribution in [2.75, 3.05) is 13.2 Å². The van der Waals surface area contributed by atoms with Gasteiger partial charge in [-0.1, -0.05) is 24.8 Å². The molecule has 0 radical (unpaired) electrons. The summed E-state index contributed by atoms with van der Waals surface area (Å²) < 4.78 is 0. The van der Waals surface area contributed by atoms with Crippen LogP contribution in [0.4, 0.5) is 0 Å². The van der Waals surface area contributed by atoms with Gasteiger partial charge in [0, 0.05) is 18.5 Å². The molecule has 0 bridgehead atoms. The van der Waals surface area contributed by atoms with Crippen molar-refractivity contribution in [1.29, 1.82) is 0 Å². The molecule has 2 N–H and O–H groups in total. The van der Waals surface area contributed by atoms with Gasteiger partial charge in [-0.3, -0.25) is 4.79 Å². The number of hydrogen-bond donors (Lipinski definition) is 2. The predicted molar refractivity (Wildman–Crippen MR) is 84.1 cm³/mol. The van der Waals surface area contributed by atoms with E-state index < -0.39 is 0 Å². The molecular weight excluding hydrogens is 262 g/mol. The molecule has 0 unspecified atom stereocenters. The molecule has 0 atom stereocenters. The second-order valence-corrected chi connectivity index (χ2v) is 5.86. The third-order valence-corrected chi connectivity index (χ3v) is 4.21. The lowest BCUT2D eigenvalue weighted by Gasteiger charge is -2.14. The molecule has 1 aliphatic rings. The Balaban J connectivity index is 2.11. The summed E-state index contributed by atoms with van der Waals surface area (Å²) in [5, 5.41) is 11.9. The molecule has 1 fully saturated rings. The first-order valence-corrected chi connectivity index (χ1v) is 7.59. The second kappa shape index (κ2) is 6.78. The first-order chi connectivity index (χ1) is 10.1. The Hall–Kier alpha value is -1.79. The molecule has 0 spiro atoms. The molecule has 3 nitrogen and oxygen atoms in total. The summed E-state index contributed by atoms with van der Waals surface area (Å²) in [6, 6.07) is 5.68. The summed E-state index contributed by atoms with van der Waals surface area (Å²) in [6.07, 6.45) is 3.96. The Kier molecular flexibility index (Phi) is 5.03. The van der Waals surface area contributed by atoms with E-state index in [1.165, 1.54) is 12.8 Å². The van der Waals surface area contributed by atoms with Gasteiger partial charge in [-0.15, -0.1) is 0 Å². The molecule has 3 heteroatoms. The zero-order valence-electron chi connectivity index (χ0n) is 12.8. The van der Waals surface area contributed by atoms with E-state index in [0.717, 1.165) is 24.1 Å². The third-order valence-electron chi connectivity index (χ3n) is 4.21. The summed E-state index contributed by atoms with van der Waals surface area (Å²) in [5.74, 6) is 5.83. The monoisotopic (exact) mass is 285 g/mol. The van der Waals surface area contributed by atoms with Gasteiger partial charge in [0.2, 0.25) is 0 Å². The SMILES string of the molecule is CCC1(CNC(=O)c2ccc(C)cc2C#CCCO)CC1. The molecule has 1 aliphatic carbocycles. The molecule has 2 rings (SSSR count). The minimum Gasteiger partial charge on any atom is -0.395 e. The number of carbonyl (C=O) groups is 1. The number of benzene rings is 1. The van der Waals surface area contributed by atoms with Crippen LogP contribution in [0.1, 0.15) is 54.1 Å². The zero-order valence-corrected chi connectivity index (χ0v) is 12.8. The smallest absolute Gasteiger partial charge is 0.252 e. The highest BCUT2D eigenvalue weighted by atomic mass is 16.2. The van der Waals surface area contributed by atoms with Crippen LogP contribution < -0.4 is 5.32 Å². The fourth-order valence-electron chi connectivity index (χ4n) is 2.37. The number of hydrogen-bond acceptors (Lipinski definition) is 2. The summed E-state index contributed by atoms with van der Waals surface area (Å²) in [7, 11) is 0. The van der Waals surface area contributed by atoms with Gasteiger partial charge >= 0.3 is 0 Å². The highest BCUT2D eigenvalue weighted by molar-refractivity contribution is 5.96. The number of rotatable bonds is 5. The molecule has 0 aliphatic heterocycles. The van der Waals surface area contributed by atoms with Crippen LogP contribution in [0.25, 0.3) is 0 Å².